The van der Waals surface area contributed by atoms with Crippen LogP contribution in [0.15, 0.2) is 38.9 Å². The molecule has 0 radical (unpaired) electrons. The highest BCUT2D eigenvalue weighted by Gasteiger charge is 2.48. The fourth-order valence-electron chi connectivity index (χ4n) is 3.19. The minimum absolute atomic E-state index is 0.138. The maximum absolute atomic E-state index is 12.9. The summed E-state index contributed by atoms with van der Waals surface area (Å²) in [5.41, 5.74) is 0.738. The molecule has 134 valence electrons. The Hall–Kier alpha value is -1.80. The van der Waals surface area contributed by atoms with Gasteiger partial charge in [0.05, 0.1) is 18.6 Å². The van der Waals surface area contributed by atoms with E-state index in [-0.39, 0.29) is 16.0 Å². The summed E-state index contributed by atoms with van der Waals surface area (Å²) < 4.78 is 31.1. The van der Waals surface area contributed by atoms with E-state index in [4.69, 9.17) is 15.6 Å². The van der Waals surface area contributed by atoms with E-state index >= 15 is 0 Å². The Morgan fingerprint density at radius 2 is 2.08 bits per heavy atom. The number of rotatable bonds is 4. The number of likely N-dealkylation sites (tertiary alicyclic amines) is 1. The molecule has 0 aliphatic carbocycles. The van der Waals surface area contributed by atoms with Crippen LogP contribution in [0.3, 0.4) is 0 Å². The lowest BCUT2D eigenvalue weighted by molar-refractivity contribution is -0.176. The first-order valence-electron chi connectivity index (χ1n) is 7.88. The van der Waals surface area contributed by atoms with E-state index in [0.29, 0.717) is 11.1 Å². The largest absolute Gasteiger partial charge is 0.380 e. The van der Waals surface area contributed by atoms with Gasteiger partial charge < -0.3 is 9.64 Å². The van der Waals surface area contributed by atoms with Crippen molar-refractivity contribution in [2.45, 2.75) is 13.3 Å². The average molecular weight is 366 g/mol. The molecule has 2 N–H and O–H groups in total. The predicted molar refractivity (Wildman–Crippen MR) is 97.2 cm³/mol. The van der Waals surface area contributed by atoms with Crippen LogP contribution in [0.4, 0.5) is 8.78 Å². The van der Waals surface area contributed by atoms with Crippen LogP contribution in [0.25, 0.3) is 0 Å². The maximum Gasteiger partial charge on any atom is 0.279 e. The molecule has 8 heteroatoms. The van der Waals surface area contributed by atoms with Gasteiger partial charge in [0.1, 0.15) is 10.8 Å². The predicted octanol–water partition coefficient (Wildman–Crippen LogP) is 3.11. The molecule has 3 rings (SSSR count). The van der Waals surface area contributed by atoms with Gasteiger partial charge in [-0.25, -0.2) is 8.78 Å². The number of thioether (sulfide) groups is 1. The Morgan fingerprint density at radius 1 is 1.40 bits per heavy atom. The van der Waals surface area contributed by atoms with Gasteiger partial charge in [-0.05, 0) is 18.6 Å². The minimum atomic E-state index is -2.85. The van der Waals surface area contributed by atoms with Gasteiger partial charge >= 0.3 is 0 Å². The van der Waals surface area contributed by atoms with Crippen molar-refractivity contribution >= 4 is 28.7 Å². The summed E-state index contributed by atoms with van der Waals surface area (Å²) in [5, 5.41) is 16.0. The zero-order chi connectivity index (χ0) is 18.2. The van der Waals surface area contributed by atoms with Crippen LogP contribution in [0.1, 0.15) is 6.92 Å². The molecular weight excluding hydrogens is 346 g/mol. The highest BCUT2D eigenvalue weighted by molar-refractivity contribution is 8.18. The van der Waals surface area contributed by atoms with Crippen molar-refractivity contribution in [2.24, 2.45) is 10.4 Å². The number of nitrogens with zero attached hydrogens (tertiary/aromatic N) is 2. The van der Waals surface area contributed by atoms with E-state index in [1.165, 1.54) is 18.7 Å². The first kappa shape index (κ1) is 18.0. The summed E-state index contributed by atoms with van der Waals surface area (Å²) in [4.78, 5) is 6.92. The summed E-state index contributed by atoms with van der Waals surface area (Å²) in [6.45, 7) is 4.87. The molecular formula is C17H20F2N4OS. The highest BCUT2D eigenvalue weighted by Crippen LogP contribution is 2.45. The van der Waals surface area contributed by atoms with Crippen LogP contribution in [0, 0.1) is 16.2 Å². The number of halogens is 2. The topological polar surface area (TPSA) is 72.5 Å². The molecule has 0 aromatic heterocycles. The molecule has 0 aromatic carbocycles. The molecule has 1 spiro atoms. The Balaban J connectivity index is 1.91. The third-order valence-corrected chi connectivity index (χ3v) is 5.51. The number of aliphatic imine (C=N–C) groups is 1. The zero-order valence-electron chi connectivity index (χ0n) is 14.1. The molecule has 3 heterocycles. The quantitative estimate of drug-likeness (QED) is 0.751. The van der Waals surface area contributed by atoms with Gasteiger partial charge in [-0.1, -0.05) is 11.8 Å². The lowest BCUT2D eigenvalue weighted by Crippen LogP contribution is -2.64. The summed E-state index contributed by atoms with van der Waals surface area (Å²) in [7, 11) is 1.63. The molecule has 3 saturated heterocycles. The van der Waals surface area contributed by atoms with Crippen LogP contribution in [-0.4, -0.2) is 61.6 Å². The van der Waals surface area contributed by atoms with E-state index in [1.807, 2.05) is 6.20 Å². The normalized spacial score (nSPS) is 27.6. The number of ether oxygens (including phenoxy) is 1. The van der Waals surface area contributed by atoms with Crippen molar-refractivity contribution in [1.82, 2.24) is 4.90 Å². The van der Waals surface area contributed by atoms with Crippen molar-refractivity contribution in [2.75, 3.05) is 33.4 Å². The first-order chi connectivity index (χ1) is 11.9. The molecule has 25 heavy (non-hydrogen) atoms. The Morgan fingerprint density at radius 3 is 2.60 bits per heavy atom. The molecule has 0 atom stereocenters. The van der Waals surface area contributed by atoms with Crippen LogP contribution < -0.4 is 0 Å². The van der Waals surface area contributed by atoms with E-state index < -0.39 is 12.1 Å². The summed E-state index contributed by atoms with van der Waals surface area (Å²) in [6, 6.07) is 0. The van der Waals surface area contributed by atoms with Crippen LogP contribution in [0.5, 0.6) is 0 Å². The first-order valence-corrected chi connectivity index (χ1v) is 8.70. The summed E-state index contributed by atoms with van der Waals surface area (Å²) >= 11 is 1.24. The number of hydrogen-bond donors (Lipinski definition) is 2. The van der Waals surface area contributed by atoms with Crippen molar-refractivity contribution in [3.05, 3.63) is 33.9 Å². The van der Waals surface area contributed by atoms with E-state index in [9.17, 15) is 8.78 Å². The van der Waals surface area contributed by atoms with Gasteiger partial charge in [-0.2, -0.15) is 0 Å². The SMILES string of the molecule is C\N=C/C=C1C(=C\N2CC3(COC3)C2)\SC(=N)C\1=C(\C)C(=N)C(F)F. The second-order valence-corrected chi connectivity index (χ2v) is 7.58. The second-order valence-electron chi connectivity index (χ2n) is 6.52. The number of alkyl halides is 2. The van der Waals surface area contributed by atoms with Gasteiger partial charge in [-0.3, -0.25) is 15.8 Å². The van der Waals surface area contributed by atoms with Gasteiger partial charge in [0.2, 0.25) is 0 Å². The second kappa shape index (κ2) is 6.84. The zero-order valence-corrected chi connectivity index (χ0v) is 14.9. The monoisotopic (exact) mass is 366 g/mol. The molecule has 0 unspecified atom stereocenters. The maximum atomic E-state index is 12.9. The molecule has 0 bridgehead atoms. The van der Waals surface area contributed by atoms with Crippen molar-refractivity contribution < 1.29 is 13.5 Å². The third-order valence-electron chi connectivity index (χ3n) is 4.55. The average Bonchev–Trinajstić information content (AvgIpc) is 2.80. The Bertz CT molecular complexity index is 727. The molecule has 3 fully saturated rings. The highest BCUT2D eigenvalue weighted by atomic mass is 32.2. The number of allylic oxidation sites excluding steroid dienone is 3. The van der Waals surface area contributed by atoms with Crippen molar-refractivity contribution in [3.63, 3.8) is 0 Å². The number of hydrogen-bond acceptors (Lipinski definition) is 6. The lowest BCUT2D eigenvalue weighted by atomic mass is 9.78. The van der Waals surface area contributed by atoms with Crippen LogP contribution in [-0.2, 0) is 4.74 Å². The molecule has 0 saturated carbocycles. The van der Waals surface area contributed by atoms with E-state index in [1.54, 1.807) is 19.3 Å². The third kappa shape index (κ3) is 3.32. The standard InChI is InChI=1S/C17H20F2N4OS/c1-10(14(20)15(18)19)13-11(3-4-22-2)12(25-16(13)21)5-23-6-17(7-23)8-24-9-17/h3-5,15,20-21H,6-9H2,1-2H3/b11-3+,12-5-,13-10-,20-14?,21-16?,22-4-. The molecule has 3 aliphatic heterocycles. The molecule has 3 aliphatic rings. The minimum Gasteiger partial charge on any atom is -0.380 e. The van der Waals surface area contributed by atoms with Gasteiger partial charge in [0.25, 0.3) is 6.43 Å². The fraction of sp³-hybridized carbons (Fsp3) is 0.471. The van der Waals surface area contributed by atoms with Crippen molar-refractivity contribution in [3.8, 4) is 0 Å². The van der Waals surface area contributed by atoms with Crippen LogP contribution >= 0.6 is 11.8 Å². The van der Waals surface area contributed by atoms with Gasteiger partial charge in [0, 0.05) is 48.6 Å². The Kier molecular flexibility index (Phi) is 4.92. The summed E-state index contributed by atoms with van der Waals surface area (Å²) in [5.74, 6) is 0. The number of nitrogens with one attached hydrogen (secondary N) is 2. The van der Waals surface area contributed by atoms with E-state index in [0.717, 1.165) is 31.2 Å². The fourth-order valence-corrected chi connectivity index (χ4v) is 4.26. The smallest absolute Gasteiger partial charge is 0.279 e. The Labute approximate surface area is 149 Å². The molecule has 5 nitrogen and oxygen atoms in total. The molecule has 0 amide bonds. The van der Waals surface area contributed by atoms with E-state index in [2.05, 4.69) is 9.89 Å². The van der Waals surface area contributed by atoms with Gasteiger partial charge in [-0.15, -0.1) is 0 Å². The van der Waals surface area contributed by atoms with Gasteiger partial charge in [0.15, 0.2) is 0 Å². The summed E-state index contributed by atoms with van der Waals surface area (Å²) in [6.07, 6.45) is 2.43. The molecule has 0 aromatic rings. The van der Waals surface area contributed by atoms with Crippen molar-refractivity contribution in [1.29, 1.82) is 10.8 Å². The lowest BCUT2D eigenvalue weighted by Gasteiger charge is -2.55. The van der Waals surface area contributed by atoms with Crippen LogP contribution in [0.2, 0.25) is 0 Å².